The number of nitrogens with zero attached hydrogens (tertiary/aromatic N) is 1. The topological polar surface area (TPSA) is 40.6 Å². The second kappa shape index (κ2) is 9.36. The van der Waals surface area contributed by atoms with Crippen LogP contribution in [-0.2, 0) is 20.8 Å². The molecule has 0 amide bonds. The summed E-state index contributed by atoms with van der Waals surface area (Å²) >= 11 is 5.76. The summed E-state index contributed by atoms with van der Waals surface area (Å²) in [7, 11) is 1.66. The van der Waals surface area contributed by atoms with Crippen molar-refractivity contribution in [1.82, 2.24) is 4.98 Å². The Labute approximate surface area is 107 Å². The zero-order valence-corrected chi connectivity index (χ0v) is 10.8. The molecule has 0 fully saturated rings. The summed E-state index contributed by atoms with van der Waals surface area (Å²) in [5, 5.41) is 0.494. The van der Waals surface area contributed by atoms with E-state index in [9.17, 15) is 0 Å². The Kier molecular flexibility index (Phi) is 7.92. The van der Waals surface area contributed by atoms with Gasteiger partial charge in [-0.2, -0.15) is 0 Å². The van der Waals surface area contributed by atoms with E-state index < -0.39 is 0 Å². The van der Waals surface area contributed by atoms with Crippen LogP contribution in [-0.4, -0.2) is 38.5 Å². The fourth-order valence-electron chi connectivity index (χ4n) is 1.21. The average molecular weight is 260 g/mol. The molecule has 5 heteroatoms. The van der Waals surface area contributed by atoms with Crippen LogP contribution in [0.2, 0.25) is 5.15 Å². The molecule has 0 radical (unpaired) electrons. The average Bonchev–Trinajstić information content (AvgIpc) is 2.33. The van der Waals surface area contributed by atoms with Gasteiger partial charge in [0.05, 0.1) is 25.5 Å². The second-order valence-electron chi connectivity index (χ2n) is 3.46. The van der Waals surface area contributed by atoms with Crippen molar-refractivity contribution in [3.63, 3.8) is 0 Å². The summed E-state index contributed by atoms with van der Waals surface area (Å²) in [5.41, 5.74) is 0.845. The Morgan fingerprint density at radius 3 is 2.71 bits per heavy atom. The molecule has 0 aromatic carbocycles. The van der Waals surface area contributed by atoms with Gasteiger partial charge in [0, 0.05) is 20.3 Å². The van der Waals surface area contributed by atoms with Crippen LogP contribution in [0.5, 0.6) is 0 Å². The van der Waals surface area contributed by atoms with Crippen molar-refractivity contribution < 1.29 is 14.2 Å². The lowest BCUT2D eigenvalue weighted by atomic mass is 10.4. The minimum Gasteiger partial charge on any atom is -0.382 e. The van der Waals surface area contributed by atoms with Crippen molar-refractivity contribution in [3.05, 3.63) is 29.0 Å². The Morgan fingerprint density at radius 2 is 1.94 bits per heavy atom. The number of aromatic nitrogens is 1. The van der Waals surface area contributed by atoms with Crippen molar-refractivity contribution in [2.24, 2.45) is 0 Å². The molecule has 1 rings (SSSR count). The zero-order valence-electron chi connectivity index (χ0n) is 10.0. The monoisotopic (exact) mass is 259 g/mol. The van der Waals surface area contributed by atoms with Gasteiger partial charge in [-0.25, -0.2) is 4.98 Å². The third-order valence-electron chi connectivity index (χ3n) is 2.03. The van der Waals surface area contributed by atoms with E-state index in [4.69, 9.17) is 25.8 Å². The van der Waals surface area contributed by atoms with Crippen molar-refractivity contribution in [2.75, 3.05) is 33.5 Å². The van der Waals surface area contributed by atoms with Gasteiger partial charge in [-0.3, -0.25) is 0 Å². The highest BCUT2D eigenvalue weighted by Gasteiger charge is 1.96. The third-order valence-corrected chi connectivity index (χ3v) is 2.24. The fraction of sp³-hybridized carbons (Fsp3) is 0.583. The molecule has 0 bridgehead atoms. The standard InChI is InChI=1S/C12H18ClNO3/c1-15-8-9-16-6-3-7-17-10-11-4-2-5-12(13)14-11/h2,4-5H,3,6-10H2,1H3. The lowest BCUT2D eigenvalue weighted by Gasteiger charge is -2.05. The lowest BCUT2D eigenvalue weighted by Crippen LogP contribution is -2.06. The number of methoxy groups -OCH3 is 1. The van der Waals surface area contributed by atoms with E-state index in [1.165, 1.54) is 0 Å². The number of hydrogen-bond acceptors (Lipinski definition) is 4. The minimum atomic E-state index is 0.485. The number of pyridine rings is 1. The van der Waals surface area contributed by atoms with Gasteiger partial charge in [0.2, 0.25) is 0 Å². The third kappa shape index (κ3) is 7.28. The largest absolute Gasteiger partial charge is 0.382 e. The zero-order chi connectivity index (χ0) is 12.3. The number of hydrogen-bond donors (Lipinski definition) is 0. The number of ether oxygens (including phenoxy) is 3. The van der Waals surface area contributed by atoms with Crippen LogP contribution in [0.3, 0.4) is 0 Å². The van der Waals surface area contributed by atoms with Gasteiger partial charge in [-0.05, 0) is 18.6 Å². The van der Waals surface area contributed by atoms with E-state index >= 15 is 0 Å². The van der Waals surface area contributed by atoms with E-state index in [1.54, 1.807) is 13.2 Å². The Balaban J connectivity index is 1.97. The molecule has 1 aromatic heterocycles. The van der Waals surface area contributed by atoms with Gasteiger partial charge in [0.25, 0.3) is 0 Å². The minimum absolute atomic E-state index is 0.485. The van der Waals surface area contributed by atoms with Gasteiger partial charge in [-0.15, -0.1) is 0 Å². The first-order valence-corrected chi connectivity index (χ1v) is 5.96. The molecule has 0 saturated carbocycles. The molecular formula is C12H18ClNO3. The molecule has 1 heterocycles. The predicted molar refractivity (Wildman–Crippen MR) is 66.2 cm³/mol. The smallest absolute Gasteiger partial charge is 0.129 e. The SMILES string of the molecule is COCCOCCCOCc1cccc(Cl)n1. The van der Waals surface area contributed by atoms with Gasteiger partial charge < -0.3 is 14.2 Å². The summed E-state index contributed by atoms with van der Waals surface area (Å²) in [5.74, 6) is 0. The van der Waals surface area contributed by atoms with E-state index in [0.717, 1.165) is 12.1 Å². The molecule has 0 aliphatic heterocycles. The van der Waals surface area contributed by atoms with Crippen LogP contribution in [0.15, 0.2) is 18.2 Å². The maximum Gasteiger partial charge on any atom is 0.129 e. The van der Waals surface area contributed by atoms with Crippen molar-refractivity contribution >= 4 is 11.6 Å². The van der Waals surface area contributed by atoms with Crippen molar-refractivity contribution in [3.8, 4) is 0 Å². The fourth-order valence-corrected chi connectivity index (χ4v) is 1.40. The van der Waals surface area contributed by atoms with Gasteiger partial charge in [-0.1, -0.05) is 17.7 Å². The molecule has 4 nitrogen and oxygen atoms in total. The molecular weight excluding hydrogens is 242 g/mol. The number of halogens is 1. The Bertz CT molecular complexity index is 310. The molecule has 0 N–H and O–H groups in total. The van der Waals surface area contributed by atoms with E-state index in [0.29, 0.717) is 38.2 Å². The van der Waals surface area contributed by atoms with Crippen molar-refractivity contribution in [2.45, 2.75) is 13.0 Å². The Hall–Kier alpha value is -0.680. The molecule has 0 atom stereocenters. The summed E-state index contributed by atoms with van der Waals surface area (Å²) in [4.78, 5) is 4.12. The summed E-state index contributed by atoms with van der Waals surface area (Å²) < 4.78 is 15.6. The van der Waals surface area contributed by atoms with E-state index in [2.05, 4.69) is 4.98 Å². The van der Waals surface area contributed by atoms with Crippen molar-refractivity contribution in [1.29, 1.82) is 0 Å². The molecule has 0 spiro atoms. The summed E-state index contributed by atoms with van der Waals surface area (Å²) in [6, 6.07) is 5.50. The van der Waals surface area contributed by atoms with Gasteiger partial charge >= 0.3 is 0 Å². The van der Waals surface area contributed by atoms with Crippen LogP contribution in [0.1, 0.15) is 12.1 Å². The predicted octanol–water partition coefficient (Wildman–Crippen LogP) is 2.30. The molecule has 17 heavy (non-hydrogen) atoms. The molecule has 0 unspecified atom stereocenters. The highest BCUT2D eigenvalue weighted by atomic mass is 35.5. The van der Waals surface area contributed by atoms with E-state index in [-0.39, 0.29) is 0 Å². The van der Waals surface area contributed by atoms with Crippen LogP contribution < -0.4 is 0 Å². The van der Waals surface area contributed by atoms with Crippen LogP contribution >= 0.6 is 11.6 Å². The summed E-state index contributed by atoms with van der Waals surface area (Å²) in [6.45, 7) is 3.09. The van der Waals surface area contributed by atoms with Gasteiger partial charge in [0.15, 0.2) is 0 Å². The molecule has 0 aliphatic rings. The maximum absolute atomic E-state index is 5.76. The van der Waals surface area contributed by atoms with E-state index in [1.807, 2.05) is 12.1 Å². The molecule has 96 valence electrons. The first-order chi connectivity index (χ1) is 8.33. The summed E-state index contributed by atoms with van der Waals surface area (Å²) in [6.07, 6.45) is 0.865. The van der Waals surface area contributed by atoms with Gasteiger partial charge in [0.1, 0.15) is 5.15 Å². The quantitative estimate of drug-likeness (QED) is 0.504. The Morgan fingerprint density at radius 1 is 1.12 bits per heavy atom. The normalized spacial score (nSPS) is 10.7. The van der Waals surface area contributed by atoms with Crippen LogP contribution in [0, 0.1) is 0 Å². The number of rotatable bonds is 9. The van der Waals surface area contributed by atoms with Crippen LogP contribution in [0.25, 0.3) is 0 Å². The molecule has 0 aliphatic carbocycles. The second-order valence-corrected chi connectivity index (χ2v) is 3.85. The highest BCUT2D eigenvalue weighted by molar-refractivity contribution is 6.29. The highest BCUT2D eigenvalue weighted by Crippen LogP contribution is 2.05. The lowest BCUT2D eigenvalue weighted by molar-refractivity contribution is 0.0478. The maximum atomic E-state index is 5.76. The molecule has 1 aromatic rings. The van der Waals surface area contributed by atoms with Crippen LogP contribution in [0.4, 0.5) is 0 Å². The first kappa shape index (κ1) is 14.4. The molecule has 0 saturated heterocycles. The first-order valence-electron chi connectivity index (χ1n) is 5.59.